The summed E-state index contributed by atoms with van der Waals surface area (Å²) in [6.45, 7) is 3.32. The maximum absolute atomic E-state index is 12.7. The number of carbonyl (C=O) groups excluding carboxylic acids is 1. The Morgan fingerprint density at radius 2 is 1.92 bits per heavy atom. The second-order valence-electron chi connectivity index (χ2n) is 6.53. The highest BCUT2D eigenvalue weighted by Crippen LogP contribution is 2.26. The topological polar surface area (TPSA) is 105 Å². The van der Waals surface area contributed by atoms with Crippen LogP contribution >= 0.6 is 0 Å². The van der Waals surface area contributed by atoms with E-state index in [1.54, 1.807) is 7.05 Å². The molecule has 0 saturated carbocycles. The van der Waals surface area contributed by atoms with Gasteiger partial charge in [-0.1, -0.05) is 12.1 Å². The van der Waals surface area contributed by atoms with Crippen molar-refractivity contribution >= 4 is 5.91 Å². The normalized spacial score (nSPS) is 15.4. The van der Waals surface area contributed by atoms with E-state index in [2.05, 4.69) is 30.6 Å². The van der Waals surface area contributed by atoms with Crippen LogP contribution in [0, 0.1) is 6.92 Å². The molecule has 0 aliphatic carbocycles. The second-order valence-corrected chi connectivity index (χ2v) is 6.53. The van der Waals surface area contributed by atoms with E-state index in [0.29, 0.717) is 30.4 Å². The van der Waals surface area contributed by atoms with Crippen molar-refractivity contribution in [3.8, 4) is 11.4 Å². The lowest BCUT2D eigenvalue weighted by Crippen LogP contribution is -2.38. The van der Waals surface area contributed by atoms with Crippen LogP contribution in [0.1, 0.15) is 40.8 Å². The summed E-state index contributed by atoms with van der Waals surface area (Å²) >= 11 is 0. The van der Waals surface area contributed by atoms with Crippen LogP contribution in [-0.4, -0.2) is 59.3 Å². The summed E-state index contributed by atoms with van der Waals surface area (Å²) in [5.41, 5.74) is 1.51. The van der Waals surface area contributed by atoms with Crippen LogP contribution in [0.15, 0.2) is 24.3 Å². The average molecular weight is 352 g/mol. The van der Waals surface area contributed by atoms with E-state index in [9.17, 15) is 4.79 Å². The van der Waals surface area contributed by atoms with Gasteiger partial charge in [-0.15, -0.1) is 10.2 Å². The van der Waals surface area contributed by atoms with Crippen molar-refractivity contribution < 1.29 is 4.79 Å². The summed E-state index contributed by atoms with van der Waals surface area (Å²) in [4.78, 5) is 20.5. The summed E-state index contributed by atoms with van der Waals surface area (Å²) in [5, 5.41) is 19.1. The first kappa shape index (κ1) is 16.4. The standard InChI is InChI=1S/C17H20N8O/c1-11-18-15(20-19-11)13-7-9-25(10-8-13)17(26)14-5-3-12(4-6-14)16-21-23-24(2)22-16/h3-6,13H,7-10H2,1-2H3,(H,18,19,20). The maximum atomic E-state index is 12.7. The molecule has 0 radical (unpaired) electrons. The number of hydrogen-bond acceptors (Lipinski definition) is 6. The van der Waals surface area contributed by atoms with E-state index in [1.165, 1.54) is 4.80 Å². The predicted octanol–water partition coefficient (Wildman–Crippen LogP) is 1.32. The molecule has 1 aromatic carbocycles. The minimum atomic E-state index is 0.0493. The van der Waals surface area contributed by atoms with Gasteiger partial charge in [0.05, 0.1) is 7.05 Å². The molecule has 3 aromatic rings. The number of aromatic nitrogens is 7. The first-order chi connectivity index (χ1) is 12.6. The number of aromatic amines is 1. The smallest absolute Gasteiger partial charge is 0.253 e. The number of tetrazole rings is 1. The maximum Gasteiger partial charge on any atom is 0.253 e. The van der Waals surface area contributed by atoms with Gasteiger partial charge in [-0.25, -0.2) is 4.98 Å². The minimum absolute atomic E-state index is 0.0493. The fourth-order valence-corrected chi connectivity index (χ4v) is 3.23. The molecule has 3 heterocycles. The largest absolute Gasteiger partial charge is 0.339 e. The van der Waals surface area contributed by atoms with E-state index >= 15 is 0 Å². The molecule has 9 heteroatoms. The number of nitrogens with zero attached hydrogens (tertiary/aromatic N) is 7. The quantitative estimate of drug-likeness (QED) is 0.762. The fourth-order valence-electron chi connectivity index (χ4n) is 3.23. The fraction of sp³-hybridized carbons (Fsp3) is 0.412. The molecule has 1 N–H and O–H groups in total. The van der Waals surface area contributed by atoms with Crippen LogP contribution in [0.4, 0.5) is 0 Å². The van der Waals surface area contributed by atoms with E-state index < -0.39 is 0 Å². The van der Waals surface area contributed by atoms with Crippen molar-refractivity contribution in [2.24, 2.45) is 7.05 Å². The molecule has 0 unspecified atom stereocenters. The van der Waals surface area contributed by atoms with E-state index in [-0.39, 0.29) is 5.91 Å². The van der Waals surface area contributed by atoms with E-state index in [1.807, 2.05) is 36.1 Å². The number of H-pyrrole nitrogens is 1. The average Bonchev–Trinajstić information content (AvgIpc) is 3.30. The Labute approximate surface area is 150 Å². The number of hydrogen-bond donors (Lipinski definition) is 1. The Kier molecular flexibility index (Phi) is 4.19. The highest BCUT2D eigenvalue weighted by Gasteiger charge is 2.26. The molecule has 1 amide bonds. The van der Waals surface area contributed by atoms with Crippen molar-refractivity contribution in [2.75, 3.05) is 13.1 Å². The van der Waals surface area contributed by atoms with Crippen molar-refractivity contribution in [1.82, 2.24) is 40.3 Å². The van der Waals surface area contributed by atoms with Crippen LogP contribution < -0.4 is 0 Å². The number of likely N-dealkylation sites (tertiary alicyclic amines) is 1. The van der Waals surface area contributed by atoms with Gasteiger partial charge < -0.3 is 4.90 Å². The van der Waals surface area contributed by atoms with Gasteiger partial charge >= 0.3 is 0 Å². The van der Waals surface area contributed by atoms with E-state index in [0.717, 1.165) is 30.1 Å². The molecule has 0 spiro atoms. The number of benzene rings is 1. The first-order valence-electron chi connectivity index (χ1n) is 8.63. The summed E-state index contributed by atoms with van der Waals surface area (Å²) in [7, 11) is 1.72. The van der Waals surface area contributed by atoms with Gasteiger partial charge in [0.1, 0.15) is 5.82 Å². The Balaban J connectivity index is 1.40. The van der Waals surface area contributed by atoms with Crippen molar-refractivity contribution in [2.45, 2.75) is 25.7 Å². The first-order valence-corrected chi connectivity index (χ1v) is 8.63. The third kappa shape index (κ3) is 3.19. The molecule has 1 saturated heterocycles. The molecular weight excluding hydrogens is 332 g/mol. The second kappa shape index (κ2) is 6.66. The number of rotatable bonds is 3. The van der Waals surface area contributed by atoms with Gasteiger partial charge in [0.15, 0.2) is 5.82 Å². The van der Waals surface area contributed by atoms with Crippen LogP contribution in [0.3, 0.4) is 0 Å². The third-order valence-electron chi connectivity index (χ3n) is 4.66. The van der Waals surface area contributed by atoms with Crippen molar-refractivity contribution in [3.05, 3.63) is 41.5 Å². The number of amides is 1. The highest BCUT2D eigenvalue weighted by atomic mass is 16.2. The Morgan fingerprint density at radius 1 is 1.19 bits per heavy atom. The zero-order valence-electron chi connectivity index (χ0n) is 14.8. The van der Waals surface area contributed by atoms with Crippen LogP contribution in [0.5, 0.6) is 0 Å². The van der Waals surface area contributed by atoms with Gasteiger partial charge in [-0.05, 0) is 37.1 Å². The van der Waals surface area contributed by atoms with Crippen LogP contribution in [0.2, 0.25) is 0 Å². The Hall–Kier alpha value is -3.10. The molecule has 2 aromatic heterocycles. The Bertz CT molecular complexity index is 905. The van der Waals surface area contributed by atoms with Gasteiger partial charge in [-0.3, -0.25) is 9.89 Å². The van der Waals surface area contributed by atoms with Crippen LogP contribution in [0.25, 0.3) is 11.4 Å². The van der Waals surface area contributed by atoms with Crippen molar-refractivity contribution in [1.29, 1.82) is 0 Å². The minimum Gasteiger partial charge on any atom is -0.339 e. The molecule has 0 bridgehead atoms. The number of carbonyl (C=O) groups is 1. The highest BCUT2D eigenvalue weighted by molar-refractivity contribution is 5.94. The van der Waals surface area contributed by atoms with Gasteiger partial charge in [0.25, 0.3) is 5.91 Å². The lowest BCUT2D eigenvalue weighted by atomic mass is 9.95. The molecule has 1 aliphatic rings. The molecule has 1 fully saturated rings. The molecule has 0 atom stereocenters. The predicted molar refractivity (Wildman–Crippen MR) is 93.2 cm³/mol. The Morgan fingerprint density at radius 3 is 2.50 bits per heavy atom. The molecule has 134 valence electrons. The third-order valence-corrected chi connectivity index (χ3v) is 4.66. The van der Waals surface area contributed by atoms with Crippen LogP contribution in [-0.2, 0) is 7.05 Å². The zero-order chi connectivity index (χ0) is 18.1. The van der Waals surface area contributed by atoms with E-state index in [4.69, 9.17) is 0 Å². The number of nitrogens with one attached hydrogen (secondary N) is 1. The summed E-state index contributed by atoms with van der Waals surface area (Å²) in [6, 6.07) is 7.35. The summed E-state index contributed by atoms with van der Waals surface area (Å²) in [5.74, 6) is 2.60. The zero-order valence-corrected chi connectivity index (χ0v) is 14.8. The van der Waals surface area contributed by atoms with Gasteiger partial charge in [0.2, 0.25) is 5.82 Å². The molecular formula is C17H20N8O. The van der Waals surface area contributed by atoms with Gasteiger partial charge in [-0.2, -0.15) is 9.90 Å². The lowest BCUT2D eigenvalue weighted by Gasteiger charge is -2.30. The SMILES string of the molecule is Cc1nc(C2CCN(C(=O)c3ccc(-c4nnn(C)n4)cc3)CC2)n[nH]1. The molecule has 26 heavy (non-hydrogen) atoms. The lowest BCUT2D eigenvalue weighted by molar-refractivity contribution is 0.0711. The monoisotopic (exact) mass is 352 g/mol. The molecule has 1 aliphatic heterocycles. The molecule has 9 nitrogen and oxygen atoms in total. The van der Waals surface area contributed by atoms with Crippen molar-refractivity contribution in [3.63, 3.8) is 0 Å². The number of piperidine rings is 1. The molecule has 4 rings (SSSR count). The summed E-state index contributed by atoms with van der Waals surface area (Å²) < 4.78 is 0. The summed E-state index contributed by atoms with van der Waals surface area (Å²) in [6.07, 6.45) is 1.76. The van der Waals surface area contributed by atoms with Gasteiger partial charge in [0, 0.05) is 30.1 Å². The number of aryl methyl sites for hydroxylation is 2.